The Balaban J connectivity index is 1.60. The van der Waals surface area contributed by atoms with Crippen molar-refractivity contribution in [2.45, 2.75) is 51.6 Å². The monoisotopic (exact) mass is 497 g/mol. The van der Waals surface area contributed by atoms with Crippen LogP contribution in [0.1, 0.15) is 56.7 Å². The van der Waals surface area contributed by atoms with E-state index in [2.05, 4.69) is 0 Å². The molecule has 0 N–H and O–H groups in total. The molecule has 2 atom stereocenters. The van der Waals surface area contributed by atoms with Crippen molar-refractivity contribution in [1.29, 1.82) is 0 Å². The van der Waals surface area contributed by atoms with Crippen LogP contribution in [-0.2, 0) is 14.3 Å². The summed E-state index contributed by atoms with van der Waals surface area (Å²) in [5.74, 6) is 0.372. The molecule has 2 unspecified atom stereocenters. The molecule has 4 rings (SSSR count). The Morgan fingerprint density at radius 1 is 1.06 bits per heavy atom. The van der Waals surface area contributed by atoms with Gasteiger partial charge in [0.25, 0.3) is 5.91 Å². The molecule has 2 aliphatic rings. The summed E-state index contributed by atoms with van der Waals surface area (Å²) in [6.45, 7) is 5.44. The molecule has 186 valence electrons. The number of rotatable bonds is 8. The Morgan fingerprint density at radius 2 is 1.83 bits per heavy atom. The fourth-order valence-corrected chi connectivity index (χ4v) is 4.99. The number of carbonyl (C=O) groups excluding carboxylic acids is 2. The normalized spacial score (nSPS) is 20.4. The molecule has 2 aromatic carbocycles. The van der Waals surface area contributed by atoms with Crippen molar-refractivity contribution in [1.82, 2.24) is 9.91 Å². The van der Waals surface area contributed by atoms with Crippen LogP contribution < -0.4 is 4.74 Å². The van der Waals surface area contributed by atoms with Crippen LogP contribution in [0, 0.1) is 0 Å². The van der Waals surface area contributed by atoms with E-state index < -0.39 is 6.04 Å². The topological polar surface area (TPSA) is 71.4 Å². The smallest absolute Gasteiger partial charge is 0.323 e. The van der Waals surface area contributed by atoms with Gasteiger partial charge < -0.3 is 9.47 Å². The maximum Gasteiger partial charge on any atom is 0.323 e. The Hall–Kier alpha value is -2.90. The molecule has 1 fully saturated rings. The van der Waals surface area contributed by atoms with E-state index in [1.807, 2.05) is 60.4 Å². The molecule has 1 saturated heterocycles. The number of hydrazone groups is 1. The summed E-state index contributed by atoms with van der Waals surface area (Å²) in [5.41, 5.74) is 2.55. The van der Waals surface area contributed by atoms with Crippen molar-refractivity contribution < 1.29 is 19.1 Å². The molecule has 0 aromatic heterocycles. The number of benzene rings is 2. The third-order valence-electron chi connectivity index (χ3n) is 6.44. The highest BCUT2D eigenvalue weighted by Gasteiger charge is 2.37. The quantitative estimate of drug-likeness (QED) is 0.488. The minimum Gasteiger partial charge on any atom is -0.494 e. The lowest BCUT2D eigenvalue weighted by Crippen LogP contribution is -2.49. The molecule has 2 aromatic rings. The van der Waals surface area contributed by atoms with Crippen LogP contribution in [0.5, 0.6) is 5.75 Å². The molecule has 0 saturated carbocycles. The van der Waals surface area contributed by atoms with Gasteiger partial charge in [0.1, 0.15) is 11.8 Å². The van der Waals surface area contributed by atoms with Gasteiger partial charge in [0.15, 0.2) is 0 Å². The van der Waals surface area contributed by atoms with Crippen molar-refractivity contribution >= 4 is 29.2 Å². The highest BCUT2D eigenvalue weighted by atomic mass is 35.5. The average Bonchev–Trinajstić information content (AvgIpc) is 3.31. The lowest BCUT2D eigenvalue weighted by molar-refractivity contribution is -0.152. The number of hydrogen-bond donors (Lipinski definition) is 0. The van der Waals surface area contributed by atoms with E-state index in [-0.39, 0.29) is 24.5 Å². The van der Waals surface area contributed by atoms with Gasteiger partial charge in [-0.2, -0.15) is 5.10 Å². The predicted molar refractivity (Wildman–Crippen MR) is 136 cm³/mol. The van der Waals surface area contributed by atoms with Gasteiger partial charge in [0, 0.05) is 17.0 Å². The first-order valence-electron chi connectivity index (χ1n) is 12.3. The van der Waals surface area contributed by atoms with Crippen LogP contribution in [0.15, 0.2) is 53.6 Å². The van der Waals surface area contributed by atoms with Crippen LogP contribution in [0.25, 0.3) is 0 Å². The molecule has 2 aliphatic heterocycles. The van der Waals surface area contributed by atoms with Crippen molar-refractivity contribution in [2.75, 3.05) is 26.3 Å². The number of piperidine rings is 1. The molecule has 0 aliphatic carbocycles. The van der Waals surface area contributed by atoms with Crippen molar-refractivity contribution in [3.05, 3.63) is 64.7 Å². The first kappa shape index (κ1) is 25.2. The number of amides is 1. The fourth-order valence-electron chi connectivity index (χ4n) is 4.74. The van der Waals surface area contributed by atoms with Crippen LogP contribution in [-0.4, -0.2) is 59.8 Å². The van der Waals surface area contributed by atoms with Gasteiger partial charge in [-0.3, -0.25) is 14.5 Å². The standard InChI is InChI=1S/C27H32ClN3O4/c1-3-34-20-14-12-19(13-15-20)25-17-23(21-9-5-6-10-22(21)28)29-31(25)26(32)18-30-16-8-7-11-24(30)27(33)35-4-2/h5-6,9-10,12-15,24-25H,3-4,7-8,11,16-18H2,1-2H3. The lowest BCUT2D eigenvalue weighted by Gasteiger charge is -2.34. The second-order valence-electron chi connectivity index (χ2n) is 8.72. The molecule has 0 radical (unpaired) electrons. The zero-order valence-electron chi connectivity index (χ0n) is 20.3. The zero-order chi connectivity index (χ0) is 24.8. The van der Waals surface area contributed by atoms with E-state index in [9.17, 15) is 9.59 Å². The maximum absolute atomic E-state index is 13.6. The summed E-state index contributed by atoms with van der Waals surface area (Å²) >= 11 is 6.46. The van der Waals surface area contributed by atoms with Crippen LogP contribution in [0.2, 0.25) is 5.02 Å². The van der Waals surface area contributed by atoms with Crippen molar-refractivity contribution in [2.24, 2.45) is 5.10 Å². The molecule has 2 heterocycles. The van der Waals surface area contributed by atoms with Gasteiger partial charge in [-0.15, -0.1) is 0 Å². The number of halogens is 1. The van der Waals surface area contributed by atoms with Gasteiger partial charge in [0.05, 0.1) is 31.5 Å². The average molecular weight is 498 g/mol. The Kier molecular flexibility index (Phi) is 8.42. The minimum atomic E-state index is -0.397. The maximum atomic E-state index is 13.6. The van der Waals surface area contributed by atoms with E-state index >= 15 is 0 Å². The number of ether oxygens (including phenoxy) is 2. The summed E-state index contributed by atoms with van der Waals surface area (Å²) in [5, 5.41) is 6.91. The SMILES string of the molecule is CCOC(=O)C1CCCCN1CC(=O)N1N=C(c2ccccc2Cl)CC1c1ccc(OCC)cc1. The van der Waals surface area contributed by atoms with Gasteiger partial charge in [-0.1, -0.05) is 48.4 Å². The number of nitrogens with zero attached hydrogens (tertiary/aromatic N) is 3. The lowest BCUT2D eigenvalue weighted by atomic mass is 9.98. The van der Waals surface area contributed by atoms with E-state index in [1.165, 1.54) is 0 Å². The highest BCUT2D eigenvalue weighted by Crippen LogP contribution is 2.35. The molecular formula is C27H32ClN3O4. The molecular weight excluding hydrogens is 466 g/mol. The summed E-state index contributed by atoms with van der Waals surface area (Å²) in [7, 11) is 0. The molecule has 1 amide bonds. The number of carbonyl (C=O) groups is 2. The first-order chi connectivity index (χ1) is 17.0. The van der Waals surface area contributed by atoms with Crippen LogP contribution in [0.3, 0.4) is 0 Å². The third-order valence-corrected chi connectivity index (χ3v) is 6.77. The van der Waals surface area contributed by atoms with Gasteiger partial charge in [-0.05, 0) is 57.0 Å². The number of hydrogen-bond acceptors (Lipinski definition) is 6. The Labute approximate surface area is 211 Å². The Bertz CT molecular complexity index is 1070. The fraction of sp³-hybridized carbons (Fsp3) is 0.444. The molecule has 7 nitrogen and oxygen atoms in total. The second-order valence-corrected chi connectivity index (χ2v) is 9.13. The molecule has 0 spiro atoms. The summed E-state index contributed by atoms with van der Waals surface area (Å²) in [6, 6.07) is 14.7. The second kappa shape index (κ2) is 11.7. The van der Waals surface area contributed by atoms with Gasteiger partial charge >= 0.3 is 5.97 Å². The summed E-state index contributed by atoms with van der Waals surface area (Å²) < 4.78 is 10.9. The Morgan fingerprint density at radius 3 is 2.54 bits per heavy atom. The molecule has 35 heavy (non-hydrogen) atoms. The third kappa shape index (κ3) is 5.85. The van der Waals surface area contributed by atoms with Gasteiger partial charge in [0.2, 0.25) is 0 Å². The molecule has 8 heteroatoms. The van der Waals surface area contributed by atoms with Gasteiger partial charge in [-0.25, -0.2) is 5.01 Å². The zero-order valence-corrected chi connectivity index (χ0v) is 21.0. The van der Waals surface area contributed by atoms with Crippen LogP contribution in [0.4, 0.5) is 0 Å². The van der Waals surface area contributed by atoms with Crippen molar-refractivity contribution in [3.63, 3.8) is 0 Å². The first-order valence-corrected chi connectivity index (χ1v) is 12.7. The summed E-state index contributed by atoms with van der Waals surface area (Å²) in [4.78, 5) is 28.1. The number of likely N-dealkylation sites (tertiary alicyclic amines) is 1. The van der Waals surface area contributed by atoms with E-state index in [4.69, 9.17) is 26.2 Å². The van der Waals surface area contributed by atoms with E-state index in [1.54, 1.807) is 11.9 Å². The van der Waals surface area contributed by atoms with Crippen LogP contribution >= 0.6 is 11.6 Å². The van der Waals surface area contributed by atoms with Crippen molar-refractivity contribution in [3.8, 4) is 5.75 Å². The molecule has 0 bridgehead atoms. The summed E-state index contributed by atoms with van der Waals surface area (Å²) in [6.07, 6.45) is 3.13. The highest BCUT2D eigenvalue weighted by molar-refractivity contribution is 6.34. The number of esters is 1. The minimum absolute atomic E-state index is 0.107. The van der Waals surface area contributed by atoms with E-state index in [0.717, 1.165) is 35.4 Å². The predicted octanol–water partition coefficient (Wildman–Crippen LogP) is 4.83. The largest absolute Gasteiger partial charge is 0.494 e. The van der Waals surface area contributed by atoms with E-state index in [0.29, 0.717) is 37.6 Å².